The highest BCUT2D eigenvalue weighted by molar-refractivity contribution is 9.11. The summed E-state index contributed by atoms with van der Waals surface area (Å²) in [5.74, 6) is 0. The zero-order chi connectivity index (χ0) is 7.28. The van der Waals surface area contributed by atoms with Crippen molar-refractivity contribution in [2.24, 2.45) is 5.73 Å². The fourth-order valence-electron chi connectivity index (χ4n) is 0.592. The maximum Gasteiger partial charge on any atom is 0.0291 e. The second kappa shape index (κ2) is 4.97. The summed E-state index contributed by atoms with van der Waals surface area (Å²) in [6.07, 6.45) is 0. The molecule has 0 aromatic carbocycles. The molecular formula is C6H13BrN2. The van der Waals surface area contributed by atoms with Crippen LogP contribution in [0.15, 0.2) is 11.1 Å². The highest BCUT2D eigenvalue weighted by Crippen LogP contribution is 2.00. The zero-order valence-corrected chi connectivity index (χ0v) is 7.32. The molecule has 0 aromatic heterocycles. The van der Waals surface area contributed by atoms with E-state index in [0.717, 1.165) is 17.6 Å². The first kappa shape index (κ1) is 9.14. The van der Waals surface area contributed by atoms with Crippen molar-refractivity contribution in [3.63, 3.8) is 0 Å². The first-order chi connectivity index (χ1) is 4.16. The SMILES string of the molecule is C=C(Br)CN(C)CCN. The minimum Gasteiger partial charge on any atom is -0.329 e. The van der Waals surface area contributed by atoms with E-state index < -0.39 is 0 Å². The molecule has 0 unspecified atom stereocenters. The van der Waals surface area contributed by atoms with Crippen LogP contribution in [-0.4, -0.2) is 31.6 Å². The summed E-state index contributed by atoms with van der Waals surface area (Å²) in [7, 11) is 2.01. The van der Waals surface area contributed by atoms with Crippen LogP contribution >= 0.6 is 15.9 Å². The van der Waals surface area contributed by atoms with E-state index in [1.807, 2.05) is 7.05 Å². The Hall–Kier alpha value is 0.140. The molecule has 2 N–H and O–H groups in total. The standard InChI is InChI=1S/C6H13BrN2/c1-6(7)5-9(2)4-3-8/h1,3-5,8H2,2H3. The van der Waals surface area contributed by atoms with Gasteiger partial charge < -0.3 is 10.6 Å². The molecular weight excluding hydrogens is 180 g/mol. The molecule has 0 amide bonds. The Bertz CT molecular complexity index is 93.1. The summed E-state index contributed by atoms with van der Waals surface area (Å²) in [5, 5.41) is 0. The van der Waals surface area contributed by atoms with Gasteiger partial charge in [-0.1, -0.05) is 22.5 Å². The molecule has 9 heavy (non-hydrogen) atoms. The first-order valence-electron chi connectivity index (χ1n) is 2.88. The third-order valence-corrected chi connectivity index (χ3v) is 1.20. The van der Waals surface area contributed by atoms with Gasteiger partial charge in [0.25, 0.3) is 0 Å². The molecule has 0 aromatic rings. The monoisotopic (exact) mass is 192 g/mol. The van der Waals surface area contributed by atoms with Crippen LogP contribution in [0.3, 0.4) is 0 Å². The molecule has 0 saturated carbocycles. The summed E-state index contributed by atoms with van der Waals surface area (Å²) in [6, 6.07) is 0. The molecule has 0 rings (SSSR count). The summed E-state index contributed by atoms with van der Waals surface area (Å²) in [5.41, 5.74) is 5.32. The fourth-order valence-corrected chi connectivity index (χ4v) is 1.02. The number of hydrogen-bond acceptors (Lipinski definition) is 2. The lowest BCUT2D eigenvalue weighted by molar-refractivity contribution is 0.379. The van der Waals surface area contributed by atoms with E-state index in [-0.39, 0.29) is 0 Å². The lowest BCUT2D eigenvalue weighted by atomic mass is 10.5. The van der Waals surface area contributed by atoms with Crippen molar-refractivity contribution in [1.29, 1.82) is 0 Å². The predicted molar refractivity (Wildman–Crippen MR) is 44.6 cm³/mol. The topological polar surface area (TPSA) is 29.3 Å². The average Bonchev–Trinajstić information content (AvgIpc) is 1.63. The highest BCUT2D eigenvalue weighted by Gasteiger charge is 1.94. The number of halogens is 1. The van der Waals surface area contributed by atoms with Crippen LogP contribution in [0.25, 0.3) is 0 Å². The maximum absolute atomic E-state index is 5.32. The van der Waals surface area contributed by atoms with Gasteiger partial charge in [0, 0.05) is 24.1 Å². The molecule has 0 spiro atoms. The molecule has 0 aliphatic rings. The summed E-state index contributed by atoms with van der Waals surface area (Å²) in [6.45, 7) is 6.21. The van der Waals surface area contributed by atoms with Crippen LogP contribution in [0.1, 0.15) is 0 Å². The van der Waals surface area contributed by atoms with Crippen LogP contribution in [0.4, 0.5) is 0 Å². The third-order valence-electron chi connectivity index (χ3n) is 0.952. The Morgan fingerprint density at radius 2 is 2.33 bits per heavy atom. The predicted octanol–water partition coefficient (Wildman–Crippen LogP) is 0.785. The van der Waals surface area contributed by atoms with Crippen molar-refractivity contribution in [3.05, 3.63) is 11.1 Å². The Labute approximate surface area is 64.8 Å². The molecule has 2 nitrogen and oxygen atoms in total. The fraction of sp³-hybridized carbons (Fsp3) is 0.667. The van der Waals surface area contributed by atoms with Crippen LogP contribution in [0.2, 0.25) is 0 Å². The van der Waals surface area contributed by atoms with Gasteiger partial charge in [0.15, 0.2) is 0 Å². The molecule has 0 radical (unpaired) electrons. The van der Waals surface area contributed by atoms with Gasteiger partial charge in [-0.25, -0.2) is 0 Å². The second-order valence-electron chi connectivity index (χ2n) is 2.04. The van der Waals surface area contributed by atoms with Crippen molar-refractivity contribution < 1.29 is 0 Å². The van der Waals surface area contributed by atoms with Crippen LogP contribution in [-0.2, 0) is 0 Å². The van der Waals surface area contributed by atoms with Crippen LogP contribution < -0.4 is 5.73 Å². The molecule has 0 heterocycles. The quantitative estimate of drug-likeness (QED) is 0.715. The van der Waals surface area contributed by atoms with Crippen molar-refractivity contribution >= 4 is 15.9 Å². The van der Waals surface area contributed by atoms with E-state index >= 15 is 0 Å². The van der Waals surface area contributed by atoms with Crippen LogP contribution in [0, 0.1) is 0 Å². The highest BCUT2D eigenvalue weighted by atomic mass is 79.9. The Morgan fingerprint density at radius 3 is 2.67 bits per heavy atom. The normalized spacial score (nSPS) is 10.2. The average molecular weight is 193 g/mol. The van der Waals surface area contributed by atoms with Crippen molar-refractivity contribution in [1.82, 2.24) is 4.90 Å². The third kappa shape index (κ3) is 6.02. The van der Waals surface area contributed by atoms with Crippen molar-refractivity contribution in [2.75, 3.05) is 26.7 Å². The lowest BCUT2D eigenvalue weighted by Crippen LogP contribution is -2.26. The first-order valence-corrected chi connectivity index (χ1v) is 3.68. The number of rotatable bonds is 4. The van der Waals surface area contributed by atoms with Gasteiger partial charge in [-0.05, 0) is 7.05 Å². The number of nitrogens with two attached hydrogens (primary N) is 1. The van der Waals surface area contributed by atoms with Gasteiger partial charge in [-0.2, -0.15) is 0 Å². The molecule has 0 aliphatic heterocycles. The van der Waals surface area contributed by atoms with E-state index in [1.54, 1.807) is 0 Å². The molecule has 3 heteroatoms. The van der Waals surface area contributed by atoms with Crippen molar-refractivity contribution in [2.45, 2.75) is 0 Å². The van der Waals surface area contributed by atoms with E-state index in [9.17, 15) is 0 Å². The van der Waals surface area contributed by atoms with Gasteiger partial charge in [0.1, 0.15) is 0 Å². The largest absolute Gasteiger partial charge is 0.329 e. The Morgan fingerprint density at radius 1 is 1.78 bits per heavy atom. The van der Waals surface area contributed by atoms with Gasteiger partial charge >= 0.3 is 0 Å². The molecule has 0 atom stereocenters. The van der Waals surface area contributed by atoms with Gasteiger partial charge in [0.2, 0.25) is 0 Å². The lowest BCUT2D eigenvalue weighted by Gasteiger charge is -2.13. The van der Waals surface area contributed by atoms with Gasteiger partial charge in [-0.3, -0.25) is 0 Å². The number of likely N-dealkylation sites (N-methyl/N-ethyl adjacent to an activating group) is 1. The van der Waals surface area contributed by atoms with E-state index in [0.29, 0.717) is 6.54 Å². The summed E-state index contributed by atoms with van der Waals surface area (Å²) >= 11 is 3.27. The minimum absolute atomic E-state index is 0.705. The van der Waals surface area contributed by atoms with Gasteiger partial charge in [0.05, 0.1) is 0 Å². The zero-order valence-electron chi connectivity index (χ0n) is 5.73. The summed E-state index contributed by atoms with van der Waals surface area (Å²) in [4.78, 5) is 2.11. The Kier molecular flexibility index (Phi) is 5.04. The van der Waals surface area contributed by atoms with E-state index in [1.165, 1.54) is 0 Å². The summed E-state index contributed by atoms with van der Waals surface area (Å²) < 4.78 is 0.999. The molecule has 0 saturated heterocycles. The molecule has 0 bridgehead atoms. The van der Waals surface area contributed by atoms with Gasteiger partial charge in [-0.15, -0.1) is 0 Å². The van der Waals surface area contributed by atoms with E-state index in [4.69, 9.17) is 5.73 Å². The molecule has 0 aliphatic carbocycles. The smallest absolute Gasteiger partial charge is 0.0291 e. The number of hydrogen-bond donors (Lipinski definition) is 1. The number of nitrogens with zero attached hydrogens (tertiary/aromatic N) is 1. The Balaban J connectivity index is 3.26. The van der Waals surface area contributed by atoms with Crippen LogP contribution in [0.5, 0.6) is 0 Å². The van der Waals surface area contributed by atoms with E-state index in [2.05, 4.69) is 27.4 Å². The molecule has 0 fully saturated rings. The second-order valence-corrected chi connectivity index (χ2v) is 3.17. The molecule has 54 valence electrons. The maximum atomic E-state index is 5.32. The van der Waals surface area contributed by atoms with Crippen molar-refractivity contribution in [3.8, 4) is 0 Å². The minimum atomic E-state index is 0.705.